The van der Waals surface area contributed by atoms with E-state index in [0.29, 0.717) is 25.9 Å². The van der Waals surface area contributed by atoms with Gasteiger partial charge in [-0.05, 0) is 32.6 Å². The van der Waals surface area contributed by atoms with E-state index in [1.807, 2.05) is 0 Å². The summed E-state index contributed by atoms with van der Waals surface area (Å²) in [4.78, 5) is 24.9. The molecule has 0 aliphatic carbocycles. The highest BCUT2D eigenvalue weighted by atomic mass is 16.5. The van der Waals surface area contributed by atoms with E-state index in [-0.39, 0.29) is 12.0 Å². The third-order valence-corrected chi connectivity index (χ3v) is 4.02. The second kappa shape index (κ2) is 5.26. The first-order chi connectivity index (χ1) is 8.51. The summed E-state index contributed by atoms with van der Waals surface area (Å²) in [5.41, 5.74) is -0.775. The van der Waals surface area contributed by atoms with E-state index in [4.69, 9.17) is 9.84 Å². The maximum atomic E-state index is 12.1. The van der Waals surface area contributed by atoms with E-state index in [1.54, 1.807) is 11.8 Å². The molecule has 2 fully saturated rings. The summed E-state index contributed by atoms with van der Waals surface area (Å²) in [7, 11) is 0. The maximum absolute atomic E-state index is 12.1. The number of likely N-dealkylation sites (tertiary alicyclic amines) is 1. The van der Waals surface area contributed by atoms with Gasteiger partial charge in [0.05, 0.1) is 17.9 Å². The highest BCUT2D eigenvalue weighted by Gasteiger charge is 2.42. The van der Waals surface area contributed by atoms with Gasteiger partial charge in [-0.15, -0.1) is 0 Å². The molecule has 5 nitrogen and oxygen atoms in total. The molecule has 2 aliphatic heterocycles. The van der Waals surface area contributed by atoms with Crippen LogP contribution in [0.5, 0.6) is 0 Å². The van der Waals surface area contributed by atoms with Crippen molar-refractivity contribution in [2.45, 2.75) is 45.1 Å². The first-order valence-corrected chi connectivity index (χ1v) is 6.64. The van der Waals surface area contributed by atoms with Crippen molar-refractivity contribution in [1.29, 1.82) is 0 Å². The molecule has 0 aromatic rings. The van der Waals surface area contributed by atoms with E-state index in [0.717, 1.165) is 25.9 Å². The Morgan fingerprint density at radius 2 is 2.22 bits per heavy atom. The summed E-state index contributed by atoms with van der Waals surface area (Å²) in [5, 5.41) is 9.13. The quantitative estimate of drug-likeness (QED) is 0.824. The molecule has 0 spiro atoms. The van der Waals surface area contributed by atoms with Crippen molar-refractivity contribution in [1.82, 2.24) is 4.90 Å². The molecule has 102 valence electrons. The van der Waals surface area contributed by atoms with Gasteiger partial charge >= 0.3 is 5.97 Å². The van der Waals surface area contributed by atoms with Gasteiger partial charge < -0.3 is 14.7 Å². The van der Waals surface area contributed by atoms with E-state index in [1.165, 1.54) is 0 Å². The molecular formula is C13H21NO4. The Bertz CT molecular complexity index is 338. The number of carbonyl (C=O) groups is 2. The predicted octanol–water partition coefficient (Wildman–Crippen LogP) is 1.27. The number of rotatable bonds is 3. The van der Waals surface area contributed by atoms with Gasteiger partial charge in [-0.1, -0.05) is 0 Å². The SMILES string of the molecule is C[C@@]1(C(=O)O)CCN(C(=O)C[C@@H]2CCCCO2)C1. The van der Waals surface area contributed by atoms with Crippen LogP contribution < -0.4 is 0 Å². The van der Waals surface area contributed by atoms with Gasteiger partial charge in [-0.25, -0.2) is 0 Å². The van der Waals surface area contributed by atoms with Crippen molar-refractivity contribution in [2.24, 2.45) is 5.41 Å². The standard InChI is InChI=1S/C13H21NO4/c1-13(12(16)17)5-6-14(9-13)11(15)8-10-4-2-3-7-18-10/h10H,2-9H2,1H3,(H,16,17)/t10-,13+/m0/s1. The second-order valence-electron chi connectivity index (χ2n) is 5.62. The van der Waals surface area contributed by atoms with Crippen LogP contribution in [0.3, 0.4) is 0 Å². The van der Waals surface area contributed by atoms with Gasteiger partial charge in [0.25, 0.3) is 0 Å². The number of carboxylic acid groups (broad SMARTS) is 1. The topological polar surface area (TPSA) is 66.8 Å². The number of ether oxygens (including phenoxy) is 1. The molecule has 0 aromatic heterocycles. The monoisotopic (exact) mass is 255 g/mol. The maximum Gasteiger partial charge on any atom is 0.311 e. The third kappa shape index (κ3) is 2.83. The van der Waals surface area contributed by atoms with Crippen molar-refractivity contribution in [3.63, 3.8) is 0 Å². The Hall–Kier alpha value is -1.10. The first kappa shape index (κ1) is 13.3. The van der Waals surface area contributed by atoms with Crippen LogP contribution in [0.15, 0.2) is 0 Å². The fraction of sp³-hybridized carbons (Fsp3) is 0.846. The zero-order chi connectivity index (χ0) is 13.2. The highest BCUT2D eigenvalue weighted by Crippen LogP contribution is 2.31. The molecule has 2 aliphatic rings. The number of hydrogen-bond donors (Lipinski definition) is 1. The Morgan fingerprint density at radius 3 is 2.78 bits per heavy atom. The van der Waals surface area contributed by atoms with Crippen molar-refractivity contribution in [3.05, 3.63) is 0 Å². The lowest BCUT2D eigenvalue weighted by Gasteiger charge is -2.25. The predicted molar refractivity (Wildman–Crippen MR) is 65.1 cm³/mol. The molecule has 18 heavy (non-hydrogen) atoms. The number of carbonyl (C=O) groups excluding carboxylic acids is 1. The molecule has 2 rings (SSSR count). The summed E-state index contributed by atoms with van der Waals surface area (Å²) >= 11 is 0. The van der Waals surface area contributed by atoms with Crippen LogP contribution in [0.4, 0.5) is 0 Å². The van der Waals surface area contributed by atoms with E-state index in [2.05, 4.69) is 0 Å². The first-order valence-electron chi connectivity index (χ1n) is 6.64. The van der Waals surface area contributed by atoms with E-state index in [9.17, 15) is 9.59 Å². The van der Waals surface area contributed by atoms with Gasteiger partial charge in [0.15, 0.2) is 0 Å². The number of aliphatic carboxylic acids is 1. The molecule has 0 radical (unpaired) electrons. The van der Waals surface area contributed by atoms with Gasteiger partial charge in [-0.2, -0.15) is 0 Å². The Balaban J connectivity index is 1.85. The van der Waals surface area contributed by atoms with Crippen LogP contribution in [0, 0.1) is 5.41 Å². The van der Waals surface area contributed by atoms with Crippen LogP contribution in [0.1, 0.15) is 39.0 Å². The molecule has 0 saturated carbocycles. The Kier molecular flexibility index (Phi) is 3.90. The highest BCUT2D eigenvalue weighted by molar-refractivity contribution is 5.80. The van der Waals surface area contributed by atoms with Gasteiger partial charge in [0.2, 0.25) is 5.91 Å². The van der Waals surface area contributed by atoms with Crippen molar-refractivity contribution in [2.75, 3.05) is 19.7 Å². The van der Waals surface area contributed by atoms with Gasteiger partial charge in [0.1, 0.15) is 0 Å². The average molecular weight is 255 g/mol. The second-order valence-corrected chi connectivity index (χ2v) is 5.62. The number of amides is 1. The summed E-state index contributed by atoms with van der Waals surface area (Å²) in [6.07, 6.45) is 4.10. The molecule has 0 unspecified atom stereocenters. The minimum atomic E-state index is -0.813. The molecule has 5 heteroatoms. The third-order valence-electron chi connectivity index (χ3n) is 4.02. The van der Waals surface area contributed by atoms with Gasteiger partial charge in [-0.3, -0.25) is 9.59 Å². The van der Waals surface area contributed by atoms with Crippen molar-refractivity contribution < 1.29 is 19.4 Å². The van der Waals surface area contributed by atoms with E-state index >= 15 is 0 Å². The molecule has 0 bridgehead atoms. The number of nitrogens with zero attached hydrogens (tertiary/aromatic N) is 1. The lowest BCUT2D eigenvalue weighted by atomic mass is 9.90. The fourth-order valence-corrected chi connectivity index (χ4v) is 2.64. The summed E-state index contributed by atoms with van der Waals surface area (Å²) in [6, 6.07) is 0. The number of carboxylic acids is 1. The molecule has 1 N–H and O–H groups in total. The van der Waals surface area contributed by atoms with Crippen LogP contribution >= 0.6 is 0 Å². The number of hydrogen-bond acceptors (Lipinski definition) is 3. The normalized spacial score (nSPS) is 32.5. The zero-order valence-corrected chi connectivity index (χ0v) is 10.9. The van der Waals surface area contributed by atoms with Crippen LogP contribution in [0.25, 0.3) is 0 Å². The average Bonchev–Trinajstić information content (AvgIpc) is 2.75. The van der Waals surface area contributed by atoms with E-state index < -0.39 is 11.4 Å². The minimum absolute atomic E-state index is 0.0305. The molecule has 1 amide bonds. The lowest BCUT2D eigenvalue weighted by molar-refractivity contribution is -0.147. The lowest BCUT2D eigenvalue weighted by Crippen LogP contribution is -2.37. The van der Waals surface area contributed by atoms with Crippen LogP contribution in [-0.2, 0) is 14.3 Å². The minimum Gasteiger partial charge on any atom is -0.481 e. The smallest absolute Gasteiger partial charge is 0.311 e. The molecular weight excluding hydrogens is 234 g/mol. The Labute approximate surface area is 107 Å². The molecule has 2 atom stereocenters. The zero-order valence-electron chi connectivity index (χ0n) is 10.9. The fourth-order valence-electron chi connectivity index (χ4n) is 2.64. The van der Waals surface area contributed by atoms with Crippen molar-refractivity contribution >= 4 is 11.9 Å². The summed E-state index contributed by atoms with van der Waals surface area (Å²) < 4.78 is 5.54. The van der Waals surface area contributed by atoms with Crippen molar-refractivity contribution in [3.8, 4) is 0 Å². The van der Waals surface area contributed by atoms with Gasteiger partial charge in [0, 0.05) is 19.7 Å². The van der Waals surface area contributed by atoms with Crippen LogP contribution in [-0.4, -0.2) is 47.7 Å². The molecule has 2 saturated heterocycles. The van der Waals surface area contributed by atoms with Crippen LogP contribution in [0.2, 0.25) is 0 Å². The summed E-state index contributed by atoms with van der Waals surface area (Å²) in [6.45, 7) is 3.33. The summed E-state index contributed by atoms with van der Waals surface area (Å²) in [5.74, 6) is -0.779. The molecule has 2 heterocycles. The largest absolute Gasteiger partial charge is 0.481 e. The molecule has 0 aromatic carbocycles. The Morgan fingerprint density at radius 1 is 1.44 bits per heavy atom.